The maximum absolute atomic E-state index is 13.8. The Kier molecular flexibility index (Phi) is 7.01. The Morgan fingerprint density at radius 1 is 1.30 bits per heavy atom. The Morgan fingerprint density at radius 3 is 2.43 bits per heavy atom. The van der Waals surface area contributed by atoms with Gasteiger partial charge < -0.3 is 10.4 Å². The van der Waals surface area contributed by atoms with Gasteiger partial charge in [0.2, 0.25) is 0 Å². The first-order chi connectivity index (χ1) is 10.1. The van der Waals surface area contributed by atoms with Crippen molar-refractivity contribution in [2.75, 3.05) is 26.2 Å². The summed E-state index contributed by atoms with van der Waals surface area (Å²) in [4.78, 5) is 12.5. The fourth-order valence-electron chi connectivity index (χ4n) is 3.06. The molecule has 1 aromatic carbocycles. The van der Waals surface area contributed by atoms with Gasteiger partial charge in [-0.25, -0.2) is 4.39 Å². The number of hydrogen-bond acceptors (Lipinski definition) is 5. The van der Waals surface area contributed by atoms with Gasteiger partial charge in [-0.05, 0) is 18.8 Å². The summed E-state index contributed by atoms with van der Waals surface area (Å²) in [5.74, 6) is -1.02. The van der Waals surface area contributed by atoms with E-state index in [1.807, 2.05) is 0 Å². The number of nitro benzene ring substituents is 1. The van der Waals surface area contributed by atoms with E-state index >= 15 is 0 Å². The molecule has 0 radical (unpaired) electrons. The predicted octanol–water partition coefficient (Wildman–Crippen LogP) is 2.64. The minimum atomic E-state index is -0.917. The van der Waals surface area contributed by atoms with Crippen molar-refractivity contribution in [1.29, 1.82) is 0 Å². The van der Waals surface area contributed by atoms with Gasteiger partial charge in [0.25, 0.3) is 5.69 Å². The normalized spacial score (nSPS) is 19.3. The summed E-state index contributed by atoms with van der Waals surface area (Å²) in [5, 5.41) is 24.2. The number of phenolic OH excluding ortho intramolecular Hbond substituents is 1. The number of aromatic hydroxyl groups is 1. The lowest BCUT2D eigenvalue weighted by Gasteiger charge is -2.35. The number of phenols is 1. The van der Waals surface area contributed by atoms with E-state index in [0.717, 1.165) is 45.1 Å². The summed E-state index contributed by atoms with van der Waals surface area (Å²) in [6.45, 7) is 3.26. The summed E-state index contributed by atoms with van der Waals surface area (Å²) < 4.78 is 13.8. The molecular weight excluding hydrogens is 348 g/mol. The quantitative estimate of drug-likeness (QED) is 0.631. The average Bonchev–Trinajstić information content (AvgIpc) is 3.29. The first kappa shape index (κ1) is 19.9. The lowest BCUT2D eigenvalue weighted by atomic mass is 9.98. The molecule has 2 N–H and O–H groups in total. The van der Waals surface area contributed by atoms with Gasteiger partial charge in [-0.1, -0.05) is 0 Å². The summed E-state index contributed by atoms with van der Waals surface area (Å²) >= 11 is 0. The standard InChI is InChI=1S/C14H18FN3O3.2ClH/c15-12-8-10(18(20)21)7-11(14(12)19)13(9-1-2-9)17-5-3-16-4-6-17;;/h7-9,13,16,19H,1-6H2;2*1H/t13-;;/m1../s1. The Bertz CT molecular complexity index is 566. The monoisotopic (exact) mass is 367 g/mol. The highest BCUT2D eigenvalue weighted by Crippen LogP contribution is 2.48. The minimum absolute atomic E-state index is 0. The van der Waals surface area contributed by atoms with Crippen LogP contribution in [0.1, 0.15) is 24.4 Å². The van der Waals surface area contributed by atoms with E-state index in [9.17, 15) is 19.6 Å². The first-order valence-corrected chi connectivity index (χ1v) is 7.19. The molecule has 1 aromatic rings. The average molecular weight is 368 g/mol. The number of halogens is 3. The zero-order chi connectivity index (χ0) is 15.0. The SMILES string of the molecule is Cl.Cl.O=[N+]([O-])c1cc(F)c(O)c([C@@H](C2CC2)N2CCNCC2)c1. The molecule has 0 unspecified atom stereocenters. The Hall–Kier alpha value is -1.15. The van der Waals surface area contributed by atoms with Crippen LogP contribution < -0.4 is 5.32 Å². The number of nitro groups is 1. The van der Waals surface area contributed by atoms with Crippen LogP contribution in [0.25, 0.3) is 0 Å². The van der Waals surface area contributed by atoms with Gasteiger partial charge in [0, 0.05) is 43.9 Å². The van der Waals surface area contributed by atoms with Gasteiger partial charge in [0.1, 0.15) is 0 Å². The molecule has 0 amide bonds. The third kappa shape index (κ3) is 4.23. The minimum Gasteiger partial charge on any atom is -0.505 e. The fraction of sp³-hybridized carbons (Fsp3) is 0.571. The van der Waals surface area contributed by atoms with E-state index in [0.29, 0.717) is 11.5 Å². The highest BCUT2D eigenvalue weighted by atomic mass is 35.5. The smallest absolute Gasteiger partial charge is 0.272 e. The Labute approximate surface area is 146 Å². The third-order valence-corrected chi connectivity index (χ3v) is 4.22. The maximum Gasteiger partial charge on any atom is 0.272 e. The second-order valence-electron chi connectivity index (χ2n) is 5.69. The molecule has 0 bridgehead atoms. The predicted molar refractivity (Wildman–Crippen MR) is 89.1 cm³/mol. The molecule has 1 atom stereocenters. The maximum atomic E-state index is 13.8. The molecule has 0 aromatic heterocycles. The summed E-state index contributed by atoms with van der Waals surface area (Å²) in [7, 11) is 0. The molecule has 3 rings (SSSR count). The van der Waals surface area contributed by atoms with Crippen molar-refractivity contribution in [3.8, 4) is 5.75 Å². The van der Waals surface area contributed by atoms with Crippen LogP contribution in [0.5, 0.6) is 5.75 Å². The van der Waals surface area contributed by atoms with Crippen LogP contribution in [-0.2, 0) is 0 Å². The molecule has 1 heterocycles. The number of nitrogens with one attached hydrogen (secondary N) is 1. The van der Waals surface area contributed by atoms with E-state index < -0.39 is 16.5 Å². The summed E-state index contributed by atoms with van der Waals surface area (Å²) in [6.07, 6.45) is 2.02. The van der Waals surface area contributed by atoms with E-state index in [1.165, 1.54) is 6.07 Å². The zero-order valence-electron chi connectivity index (χ0n) is 12.4. The summed E-state index contributed by atoms with van der Waals surface area (Å²) in [6, 6.07) is 1.96. The van der Waals surface area contributed by atoms with E-state index in [-0.39, 0.29) is 36.5 Å². The highest BCUT2D eigenvalue weighted by molar-refractivity contribution is 5.85. The highest BCUT2D eigenvalue weighted by Gasteiger charge is 2.39. The van der Waals surface area contributed by atoms with Crippen molar-refractivity contribution in [2.45, 2.75) is 18.9 Å². The molecule has 130 valence electrons. The van der Waals surface area contributed by atoms with Crippen molar-refractivity contribution in [1.82, 2.24) is 10.2 Å². The molecule has 0 spiro atoms. The molecule has 9 heteroatoms. The van der Waals surface area contributed by atoms with Gasteiger partial charge in [-0.3, -0.25) is 15.0 Å². The van der Waals surface area contributed by atoms with Gasteiger partial charge >= 0.3 is 0 Å². The molecule has 23 heavy (non-hydrogen) atoms. The molecular formula is C14H20Cl2FN3O3. The lowest BCUT2D eigenvalue weighted by molar-refractivity contribution is -0.385. The molecule has 1 saturated carbocycles. The number of non-ortho nitro benzene ring substituents is 1. The van der Waals surface area contributed by atoms with Crippen molar-refractivity contribution < 1.29 is 14.4 Å². The number of benzene rings is 1. The summed E-state index contributed by atoms with van der Waals surface area (Å²) in [5.41, 5.74) is 0.0483. The fourth-order valence-corrected chi connectivity index (χ4v) is 3.06. The number of rotatable bonds is 4. The number of hydrogen-bond donors (Lipinski definition) is 2. The number of nitrogens with zero attached hydrogens (tertiary/aromatic N) is 2. The lowest BCUT2D eigenvalue weighted by Crippen LogP contribution is -2.45. The molecule has 1 aliphatic carbocycles. The molecule has 1 saturated heterocycles. The molecule has 2 fully saturated rings. The van der Waals surface area contributed by atoms with Crippen LogP contribution >= 0.6 is 24.8 Å². The van der Waals surface area contributed by atoms with Crippen LogP contribution in [0, 0.1) is 21.8 Å². The van der Waals surface area contributed by atoms with Crippen LogP contribution in [0.4, 0.5) is 10.1 Å². The van der Waals surface area contributed by atoms with Crippen molar-refractivity contribution in [3.05, 3.63) is 33.6 Å². The van der Waals surface area contributed by atoms with Gasteiger partial charge in [0.15, 0.2) is 11.6 Å². The van der Waals surface area contributed by atoms with E-state index in [2.05, 4.69) is 10.2 Å². The van der Waals surface area contributed by atoms with Gasteiger partial charge in [-0.2, -0.15) is 0 Å². The van der Waals surface area contributed by atoms with E-state index in [4.69, 9.17) is 0 Å². The Balaban J connectivity index is 0.00000132. The van der Waals surface area contributed by atoms with Crippen molar-refractivity contribution in [2.24, 2.45) is 5.92 Å². The van der Waals surface area contributed by atoms with Crippen molar-refractivity contribution in [3.63, 3.8) is 0 Å². The molecule has 1 aliphatic heterocycles. The van der Waals surface area contributed by atoms with Crippen LogP contribution in [0.2, 0.25) is 0 Å². The number of piperazine rings is 1. The topological polar surface area (TPSA) is 78.6 Å². The third-order valence-electron chi connectivity index (χ3n) is 4.22. The van der Waals surface area contributed by atoms with Crippen LogP contribution in [-0.4, -0.2) is 41.1 Å². The zero-order valence-corrected chi connectivity index (χ0v) is 14.0. The largest absolute Gasteiger partial charge is 0.505 e. The van der Waals surface area contributed by atoms with Crippen molar-refractivity contribution >= 4 is 30.5 Å². The van der Waals surface area contributed by atoms with Gasteiger partial charge in [-0.15, -0.1) is 24.8 Å². The Morgan fingerprint density at radius 2 is 1.91 bits per heavy atom. The van der Waals surface area contributed by atoms with Crippen LogP contribution in [0.3, 0.4) is 0 Å². The molecule has 2 aliphatic rings. The van der Waals surface area contributed by atoms with E-state index in [1.54, 1.807) is 0 Å². The van der Waals surface area contributed by atoms with Crippen LogP contribution in [0.15, 0.2) is 12.1 Å². The first-order valence-electron chi connectivity index (χ1n) is 7.19. The second kappa shape index (κ2) is 8.10. The molecule has 6 nitrogen and oxygen atoms in total. The second-order valence-corrected chi connectivity index (χ2v) is 5.69. The van der Waals surface area contributed by atoms with Gasteiger partial charge in [0.05, 0.1) is 11.0 Å².